The molecule has 0 radical (unpaired) electrons. The van der Waals surface area contributed by atoms with Gasteiger partial charge in [0.25, 0.3) is 5.91 Å². The Bertz CT molecular complexity index is 1010. The number of fused-ring (bicyclic) bond motifs is 1. The molecule has 1 fully saturated rings. The molecule has 0 spiro atoms. The first-order chi connectivity index (χ1) is 14.0. The summed E-state index contributed by atoms with van der Waals surface area (Å²) in [6, 6.07) is 12.8. The predicted octanol–water partition coefficient (Wildman–Crippen LogP) is 4.03. The number of anilines is 1. The van der Waals surface area contributed by atoms with Crippen molar-refractivity contribution < 1.29 is 14.3 Å². The maximum Gasteiger partial charge on any atom is 0.271 e. The second-order valence-electron chi connectivity index (χ2n) is 6.82. The van der Waals surface area contributed by atoms with E-state index in [0.29, 0.717) is 28.2 Å². The average Bonchev–Trinajstić information content (AvgIpc) is 3.18. The molecule has 2 heterocycles. The Morgan fingerprint density at radius 3 is 2.76 bits per heavy atom. The quantitative estimate of drug-likeness (QED) is 0.723. The Hall–Kier alpha value is -2.51. The summed E-state index contributed by atoms with van der Waals surface area (Å²) in [6.07, 6.45) is -0.779. The highest BCUT2D eigenvalue weighted by molar-refractivity contribution is 8.14. The molecule has 1 unspecified atom stereocenters. The summed E-state index contributed by atoms with van der Waals surface area (Å²) in [5.41, 5.74) is 2.29. The van der Waals surface area contributed by atoms with Crippen LogP contribution in [0.25, 0.3) is 0 Å². The first kappa shape index (κ1) is 19.8. The number of hydrogen-bond donors (Lipinski definition) is 0. The molecule has 4 rings (SSSR count). The van der Waals surface area contributed by atoms with Gasteiger partial charge in [-0.15, -0.1) is 0 Å². The van der Waals surface area contributed by atoms with Crippen molar-refractivity contribution in [2.24, 2.45) is 4.99 Å². The van der Waals surface area contributed by atoms with E-state index in [1.165, 1.54) is 18.7 Å². The van der Waals surface area contributed by atoms with Crippen molar-refractivity contribution in [1.82, 2.24) is 4.90 Å². The van der Waals surface area contributed by atoms with E-state index in [1.54, 1.807) is 15.9 Å². The van der Waals surface area contributed by atoms with Gasteiger partial charge in [-0.2, -0.15) is 0 Å². The lowest BCUT2D eigenvalue weighted by Gasteiger charge is -2.35. The molecule has 0 aliphatic carbocycles. The fourth-order valence-corrected chi connectivity index (χ4v) is 4.48. The van der Waals surface area contributed by atoms with Gasteiger partial charge in [0.05, 0.1) is 17.9 Å². The molecule has 2 aromatic carbocycles. The lowest BCUT2D eigenvalue weighted by atomic mass is 10.1. The lowest BCUT2D eigenvalue weighted by Crippen LogP contribution is -2.51. The fourth-order valence-electron chi connectivity index (χ4n) is 3.35. The summed E-state index contributed by atoms with van der Waals surface area (Å²) in [7, 11) is 0. The number of carbonyl (C=O) groups excluding carboxylic acids is 2. The van der Waals surface area contributed by atoms with Crippen LogP contribution in [0.5, 0.6) is 5.75 Å². The summed E-state index contributed by atoms with van der Waals surface area (Å²) >= 11 is 7.72. The number of amides is 2. The largest absolute Gasteiger partial charge is 0.476 e. The Morgan fingerprint density at radius 1 is 1.17 bits per heavy atom. The Balaban J connectivity index is 1.61. The average molecular weight is 430 g/mol. The van der Waals surface area contributed by atoms with Gasteiger partial charge in [-0.3, -0.25) is 14.5 Å². The van der Waals surface area contributed by atoms with Gasteiger partial charge >= 0.3 is 0 Å². The number of para-hydroxylation sites is 2. The molecule has 0 N–H and O–H groups in total. The van der Waals surface area contributed by atoms with Crippen LogP contribution in [-0.2, 0) is 9.59 Å². The van der Waals surface area contributed by atoms with Crippen LogP contribution < -0.4 is 9.64 Å². The van der Waals surface area contributed by atoms with E-state index in [2.05, 4.69) is 4.99 Å². The molecule has 8 heteroatoms. The normalized spacial score (nSPS) is 19.8. The lowest BCUT2D eigenvalue weighted by molar-refractivity contribution is -0.134. The van der Waals surface area contributed by atoms with Gasteiger partial charge in [-0.25, -0.2) is 4.99 Å². The summed E-state index contributed by atoms with van der Waals surface area (Å²) in [5.74, 6) is 0.958. The Labute approximate surface area is 178 Å². The second kappa shape index (κ2) is 8.08. The number of ether oxygens (including phenoxy) is 1. The standard InChI is InChI=1S/C21H20ClN3O3S/c1-13-15(22)6-5-7-16(13)23-21-24(10-11-29-21)20(27)19-12-25(14(2)26)17-8-3-4-9-18(17)28-19/h3-9,19H,10-12H2,1-2H3. The van der Waals surface area contributed by atoms with Crippen LogP contribution in [0, 0.1) is 6.92 Å². The third-order valence-electron chi connectivity index (χ3n) is 4.93. The van der Waals surface area contributed by atoms with E-state index >= 15 is 0 Å². The minimum Gasteiger partial charge on any atom is -0.476 e. The number of nitrogens with zero attached hydrogens (tertiary/aromatic N) is 3. The van der Waals surface area contributed by atoms with Crippen LogP contribution in [0.4, 0.5) is 11.4 Å². The molecule has 1 atom stereocenters. The molecule has 150 valence electrons. The topological polar surface area (TPSA) is 62.2 Å². The molecule has 2 aliphatic rings. The summed E-state index contributed by atoms with van der Waals surface area (Å²) in [5, 5.41) is 1.26. The van der Waals surface area contributed by atoms with Crippen molar-refractivity contribution in [3.8, 4) is 5.75 Å². The van der Waals surface area contributed by atoms with Gasteiger partial charge in [0.1, 0.15) is 5.75 Å². The van der Waals surface area contributed by atoms with Crippen LogP contribution in [0.3, 0.4) is 0 Å². The molecule has 2 aromatic rings. The van der Waals surface area contributed by atoms with Gasteiger partial charge in [0.15, 0.2) is 11.3 Å². The van der Waals surface area contributed by atoms with Crippen LogP contribution in [0.1, 0.15) is 12.5 Å². The minimum atomic E-state index is -0.779. The van der Waals surface area contributed by atoms with Crippen LogP contribution >= 0.6 is 23.4 Å². The van der Waals surface area contributed by atoms with Gasteiger partial charge in [0, 0.05) is 24.2 Å². The zero-order valence-electron chi connectivity index (χ0n) is 16.1. The highest BCUT2D eigenvalue weighted by atomic mass is 35.5. The molecule has 6 nitrogen and oxygen atoms in total. The van der Waals surface area contributed by atoms with Crippen molar-refractivity contribution >= 4 is 51.7 Å². The highest BCUT2D eigenvalue weighted by Crippen LogP contribution is 2.35. The first-order valence-corrected chi connectivity index (χ1v) is 10.6. The molecule has 0 saturated carbocycles. The second-order valence-corrected chi connectivity index (χ2v) is 8.29. The fraction of sp³-hybridized carbons (Fsp3) is 0.286. The number of hydrogen-bond acceptors (Lipinski definition) is 5. The predicted molar refractivity (Wildman–Crippen MR) is 116 cm³/mol. The van der Waals surface area contributed by atoms with Crippen LogP contribution in [0.15, 0.2) is 47.5 Å². The summed E-state index contributed by atoms with van der Waals surface area (Å²) < 4.78 is 5.96. The molecular formula is C21H20ClN3O3S. The number of rotatable bonds is 2. The molecule has 29 heavy (non-hydrogen) atoms. The van der Waals surface area contributed by atoms with Gasteiger partial charge in [0.2, 0.25) is 5.91 Å². The molecule has 0 bridgehead atoms. The molecule has 0 aromatic heterocycles. The number of thioether (sulfide) groups is 1. The monoisotopic (exact) mass is 429 g/mol. The first-order valence-electron chi connectivity index (χ1n) is 9.27. The van der Waals surface area contributed by atoms with E-state index in [0.717, 1.165) is 17.0 Å². The maximum absolute atomic E-state index is 13.3. The number of aliphatic imine (C=N–C) groups is 1. The molecular weight excluding hydrogens is 410 g/mol. The van der Waals surface area contributed by atoms with E-state index in [1.807, 2.05) is 43.3 Å². The van der Waals surface area contributed by atoms with Crippen molar-refractivity contribution in [3.63, 3.8) is 0 Å². The van der Waals surface area contributed by atoms with Gasteiger partial charge < -0.3 is 9.64 Å². The van der Waals surface area contributed by atoms with E-state index < -0.39 is 6.10 Å². The zero-order valence-corrected chi connectivity index (χ0v) is 17.7. The third-order valence-corrected chi connectivity index (χ3v) is 6.29. The highest BCUT2D eigenvalue weighted by Gasteiger charge is 2.38. The van der Waals surface area contributed by atoms with Gasteiger partial charge in [-0.1, -0.05) is 41.6 Å². The molecule has 1 saturated heterocycles. The van der Waals surface area contributed by atoms with E-state index in [-0.39, 0.29) is 18.4 Å². The van der Waals surface area contributed by atoms with Crippen LogP contribution in [0.2, 0.25) is 5.02 Å². The molecule has 2 amide bonds. The van der Waals surface area contributed by atoms with E-state index in [4.69, 9.17) is 16.3 Å². The third kappa shape index (κ3) is 3.84. The number of carbonyl (C=O) groups is 2. The van der Waals surface area contributed by atoms with Crippen molar-refractivity contribution in [2.75, 3.05) is 23.7 Å². The van der Waals surface area contributed by atoms with E-state index in [9.17, 15) is 9.59 Å². The van der Waals surface area contributed by atoms with Crippen molar-refractivity contribution in [1.29, 1.82) is 0 Å². The zero-order chi connectivity index (χ0) is 20.5. The van der Waals surface area contributed by atoms with Gasteiger partial charge in [-0.05, 0) is 36.8 Å². The summed E-state index contributed by atoms with van der Waals surface area (Å²) in [6.45, 7) is 4.11. The smallest absolute Gasteiger partial charge is 0.271 e. The SMILES string of the molecule is CC(=O)N1CC(C(=O)N2CCSC2=Nc2cccc(Cl)c2C)Oc2ccccc21. The number of amidine groups is 1. The van der Waals surface area contributed by atoms with Crippen molar-refractivity contribution in [3.05, 3.63) is 53.1 Å². The number of halogens is 1. The van der Waals surface area contributed by atoms with Crippen molar-refractivity contribution in [2.45, 2.75) is 20.0 Å². The number of benzene rings is 2. The summed E-state index contributed by atoms with van der Waals surface area (Å²) in [4.78, 5) is 33.3. The maximum atomic E-state index is 13.3. The minimum absolute atomic E-state index is 0.127. The molecule has 2 aliphatic heterocycles. The Morgan fingerprint density at radius 2 is 1.97 bits per heavy atom. The Kier molecular flexibility index (Phi) is 5.52. The van der Waals surface area contributed by atoms with Crippen LogP contribution in [-0.4, -0.2) is 46.8 Å².